The fraction of sp³-hybridized carbons (Fsp3) is 0.370. The van der Waals surface area contributed by atoms with Gasteiger partial charge in [0.15, 0.2) is 0 Å². The van der Waals surface area contributed by atoms with Gasteiger partial charge in [-0.3, -0.25) is 4.79 Å². The maximum atomic E-state index is 13.2. The molecule has 0 radical (unpaired) electrons. The molecule has 2 fully saturated rings. The van der Waals surface area contributed by atoms with Gasteiger partial charge in [-0.2, -0.15) is 5.10 Å². The summed E-state index contributed by atoms with van der Waals surface area (Å²) in [6.07, 6.45) is 5.20. The summed E-state index contributed by atoms with van der Waals surface area (Å²) in [5.41, 5.74) is 6.96. The van der Waals surface area contributed by atoms with Crippen molar-refractivity contribution in [3.05, 3.63) is 60.2 Å². The zero-order valence-corrected chi connectivity index (χ0v) is 18.7. The highest BCUT2D eigenvalue weighted by atomic mass is 16.5. The molecular formula is C27H29N3O2. The third kappa shape index (κ3) is 3.99. The van der Waals surface area contributed by atoms with Gasteiger partial charge in [-0.15, -0.1) is 0 Å². The first kappa shape index (κ1) is 20.7. The molecule has 0 unspecified atom stereocenters. The second-order valence-corrected chi connectivity index (χ2v) is 9.01. The van der Waals surface area contributed by atoms with Crippen molar-refractivity contribution < 1.29 is 9.53 Å². The molecule has 1 amide bonds. The maximum absolute atomic E-state index is 13.2. The van der Waals surface area contributed by atoms with Gasteiger partial charge in [0, 0.05) is 22.6 Å². The summed E-state index contributed by atoms with van der Waals surface area (Å²) in [6, 6.07) is 17.4. The highest BCUT2D eigenvalue weighted by molar-refractivity contribution is 6.07. The molecule has 2 saturated carbocycles. The van der Waals surface area contributed by atoms with E-state index >= 15 is 0 Å². The van der Waals surface area contributed by atoms with E-state index in [-0.39, 0.29) is 5.91 Å². The van der Waals surface area contributed by atoms with Gasteiger partial charge in [-0.05, 0) is 81.3 Å². The molecule has 2 aliphatic carbocycles. The fourth-order valence-electron chi connectivity index (χ4n) is 5.44. The number of fused-ring (bicyclic) bond motifs is 3. The van der Waals surface area contributed by atoms with E-state index < -0.39 is 0 Å². The molecule has 5 nitrogen and oxygen atoms in total. The van der Waals surface area contributed by atoms with Gasteiger partial charge < -0.3 is 4.74 Å². The minimum absolute atomic E-state index is 0.196. The van der Waals surface area contributed by atoms with Gasteiger partial charge in [-0.1, -0.05) is 24.6 Å². The summed E-state index contributed by atoms with van der Waals surface area (Å²) in [7, 11) is 0. The number of hydrazone groups is 1. The monoisotopic (exact) mass is 427 g/mol. The summed E-state index contributed by atoms with van der Waals surface area (Å²) in [5, 5.41) is 5.35. The van der Waals surface area contributed by atoms with Crippen LogP contribution in [0.4, 0.5) is 0 Å². The third-order valence-corrected chi connectivity index (χ3v) is 7.03. The number of amides is 1. The molecule has 1 aromatic heterocycles. The second kappa shape index (κ2) is 8.73. The van der Waals surface area contributed by atoms with Crippen molar-refractivity contribution in [3.8, 4) is 17.0 Å². The maximum Gasteiger partial charge on any atom is 0.272 e. The molecule has 3 aromatic rings. The Morgan fingerprint density at radius 1 is 1.12 bits per heavy atom. The van der Waals surface area contributed by atoms with E-state index in [0.29, 0.717) is 18.1 Å². The van der Waals surface area contributed by atoms with Gasteiger partial charge in [0.25, 0.3) is 5.91 Å². The van der Waals surface area contributed by atoms with Crippen molar-refractivity contribution in [2.24, 2.45) is 22.9 Å². The number of para-hydroxylation sites is 1. The molecule has 3 atom stereocenters. The zero-order chi connectivity index (χ0) is 22.1. The average Bonchev–Trinajstić information content (AvgIpc) is 3.46. The van der Waals surface area contributed by atoms with Crippen LogP contribution in [0.2, 0.25) is 0 Å². The van der Waals surface area contributed by atoms with Crippen LogP contribution in [0.25, 0.3) is 22.2 Å². The van der Waals surface area contributed by atoms with E-state index in [1.165, 1.54) is 25.7 Å². The van der Waals surface area contributed by atoms with Crippen molar-refractivity contribution in [1.29, 1.82) is 0 Å². The Bertz CT molecular complexity index is 1170. The minimum Gasteiger partial charge on any atom is -0.494 e. The smallest absolute Gasteiger partial charge is 0.272 e. The number of hydrogen-bond donors (Lipinski definition) is 1. The topological polar surface area (TPSA) is 63.6 Å². The van der Waals surface area contributed by atoms with E-state index in [4.69, 9.17) is 9.72 Å². The Labute approximate surface area is 188 Å². The Kier molecular flexibility index (Phi) is 5.64. The van der Waals surface area contributed by atoms with Crippen LogP contribution in [0, 0.1) is 17.8 Å². The molecule has 32 heavy (non-hydrogen) atoms. The normalized spacial score (nSPS) is 22.3. The number of carbonyl (C=O) groups is 1. The van der Waals surface area contributed by atoms with Crippen molar-refractivity contribution in [2.75, 3.05) is 6.61 Å². The van der Waals surface area contributed by atoms with Gasteiger partial charge >= 0.3 is 0 Å². The number of pyridine rings is 1. The highest BCUT2D eigenvalue weighted by Gasteiger charge is 2.40. The number of rotatable bonds is 6. The van der Waals surface area contributed by atoms with Gasteiger partial charge in [0.2, 0.25) is 0 Å². The quantitative estimate of drug-likeness (QED) is 0.397. The molecule has 5 rings (SSSR count). The number of nitrogens with one attached hydrogen (secondary N) is 1. The molecule has 1 N–H and O–H groups in total. The van der Waals surface area contributed by atoms with Crippen LogP contribution in [-0.2, 0) is 0 Å². The number of hydrogen-bond acceptors (Lipinski definition) is 4. The predicted molar refractivity (Wildman–Crippen MR) is 128 cm³/mol. The van der Waals surface area contributed by atoms with Crippen LogP contribution in [0.5, 0.6) is 5.75 Å². The van der Waals surface area contributed by atoms with E-state index in [1.807, 2.05) is 61.5 Å². The Balaban J connectivity index is 1.43. The lowest BCUT2D eigenvalue weighted by Crippen LogP contribution is -2.24. The standard InChI is InChI=1S/C27H29N3O2/c1-3-32-21-12-10-19(11-13-21)26-16-24(22-6-4-5-7-25(22)28-26)27(31)30-29-17(2)23-15-18-8-9-20(23)14-18/h4-7,10-13,16,18,20,23H,3,8-9,14-15H2,1-2H3,(H,30,31)/b29-17-/t18-,20+,23-/m0/s1. The Morgan fingerprint density at radius 2 is 1.94 bits per heavy atom. The second-order valence-electron chi connectivity index (χ2n) is 9.01. The molecule has 164 valence electrons. The Morgan fingerprint density at radius 3 is 2.66 bits per heavy atom. The molecule has 5 heteroatoms. The lowest BCUT2D eigenvalue weighted by molar-refractivity contribution is 0.0956. The van der Waals surface area contributed by atoms with E-state index in [0.717, 1.165) is 45.5 Å². The number of carbonyl (C=O) groups excluding carboxylic acids is 1. The van der Waals surface area contributed by atoms with E-state index in [9.17, 15) is 4.79 Å². The number of ether oxygens (including phenoxy) is 1. The van der Waals surface area contributed by atoms with Crippen LogP contribution < -0.4 is 10.2 Å². The number of aromatic nitrogens is 1. The van der Waals surface area contributed by atoms with Gasteiger partial charge in [0.1, 0.15) is 5.75 Å². The number of nitrogens with zero attached hydrogens (tertiary/aromatic N) is 2. The number of benzene rings is 2. The minimum atomic E-state index is -0.196. The lowest BCUT2D eigenvalue weighted by Gasteiger charge is -2.21. The summed E-state index contributed by atoms with van der Waals surface area (Å²) in [4.78, 5) is 18.0. The first-order chi connectivity index (χ1) is 15.6. The summed E-state index contributed by atoms with van der Waals surface area (Å²) < 4.78 is 5.54. The SMILES string of the molecule is CCOc1ccc(-c2cc(C(=O)N/N=C(/C)[C@@H]3C[C@H]4CC[C@@H]3C4)c3ccccc3n2)cc1. The molecule has 2 aromatic carbocycles. The first-order valence-electron chi connectivity index (χ1n) is 11.6. The first-order valence-corrected chi connectivity index (χ1v) is 11.6. The molecule has 0 aliphatic heterocycles. The molecular weight excluding hydrogens is 398 g/mol. The highest BCUT2D eigenvalue weighted by Crippen LogP contribution is 2.48. The fourth-order valence-corrected chi connectivity index (χ4v) is 5.44. The van der Waals surface area contributed by atoms with Gasteiger partial charge in [0.05, 0.1) is 23.4 Å². The van der Waals surface area contributed by atoms with E-state index in [1.54, 1.807) is 0 Å². The van der Waals surface area contributed by atoms with Crippen molar-refractivity contribution >= 4 is 22.5 Å². The van der Waals surface area contributed by atoms with Crippen LogP contribution in [0.15, 0.2) is 59.7 Å². The van der Waals surface area contributed by atoms with Crippen molar-refractivity contribution in [1.82, 2.24) is 10.4 Å². The molecule has 2 aliphatic rings. The van der Waals surface area contributed by atoms with E-state index in [2.05, 4.69) is 17.5 Å². The van der Waals surface area contributed by atoms with Crippen molar-refractivity contribution in [3.63, 3.8) is 0 Å². The summed E-state index contributed by atoms with van der Waals surface area (Å²) >= 11 is 0. The van der Waals surface area contributed by atoms with Gasteiger partial charge in [-0.25, -0.2) is 10.4 Å². The van der Waals surface area contributed by atoms with Crippen LogP contribution in [0.3, 0.4) is 0 Å². The lowest BCUT2D eigenvalue weighted by atomic mass is 9.86. The predicted octanol–water partition coefficient (Wildman–Crippen LogP) is 5.84. The summed E-state index contributed by atoms with van der Waals surface area (Å²) in [5.74, 6) is 2.74. The Hall–Kier alpha value is -3.21. The summed E-state index contributed by atoms with van der Waals surface area (Å²) in [6.45, 7) is 4.65. The molecule has 2 bridgehead atoms. The zero-order valence-electron chi connectivity index (χ0n) is 18.7. The van der Waals surface area contributed by atoms with Crippen LogP contribution in [0.1, 0.15) is 49.9 Å². The molecule has 0 saturated heterocycles. The molecule has 1 heterocycles. The van der Waals surface area contributed by atoms with Crippen molar-refractivity contribution in [2.45, 2.75) is 39.5 Å². The largest absolute Gasteiger partial charge is 0.494 e. The van der Waals surface area contributed by atoms with Crippen LogP contribution >= 0.6 is 0 Å². The third-order valence-electron chi connectivity index (χ3n) is 7.03. The molecule has 0 spiro atoms. The average molecular weight is 428 g/mol. The van der Waals surface area contributed by atoms with Crippen LogP contribution in [-0.4, -0.2) is 23.2 Å².